The highest BCUT2D eigenvalue weighted by Crippen LogP contribution is 2.26. The number of unbranched alkanes of at least 4 members (excludes halogenated alkanes) is 6. The van der Waals surface area contributed by atoms with Crippen LogP contribution in [0.5, 0.6) is 0 Å². The predicted octanol–water partition coefficient (Wildman–Crippen LogP) is 5.21. The highest BCUT2D eigenvalue weighted by Gasteiger charge is 2.20. The van der Waals surface area contributed by atoms with Gasteiger partial charge in [-0.15, -0.1) is 11.3 Å². The average molecular weight is 311 g/mol. The van der Waals surface area contributed by atoms with E-state index in [0.717, 1.165) is 6.54 Å². The number of hydrogen-bond donors (Lipinski definition) is 1. The third-order valence-electron chi connectivity index (χ3n) is 4.55. The minimum absolute atomic E-state index is 0.475. The van der Waals surface area contributed by atoms with E-state index < -0.39 is 0 Å². The number of thiophene rings is 1. The summed E-state index contributed by atoms with van der Waals surface area (Å²) in [4.78, 5) is 3.90. The number of likely N-dealkylation sites (N-methyl/N-ethyl adjacent to an activating group) is 1. The maximum atomic E-state index is 6.01. The number of nitrogens with two attached hydrogens (primary N) is 1. The van der Waals surface area contributed by atoms with Gasteiger partial charge in [-0.05, 0) is 31.8 Å². The second kappa shape index (κ2) is 11.2. The fraction of sp³-hybridized carbons (Fsp3) is 0.778. The minimum Gasteiger partial charge on any atom is -0.329 e. The molecule has 3 heteroatoms. The minimum atomic E-state index is 0.475. The molecule has 2 N–H and O–H groups in total. The molecule has 2 atom stereocenters. The molecule has 0 spiro atoms. The van der Waals surface area contributed by atoms with Crippen molar-refractivity contribution >= 4 is 11.3 Å². The van der Waals surface area contributed by atoms with E-state index in [1.807, 2.05) is 11.3 Å². The highest BCUT2D eigenvalue weighted by atomic mass is 32.1. The normalized spacial score (nSPS) is 14.5. The van der Waals surface area contributed by atoms with Crippen LogP contribution in [-0.2, 0) is 0 Å². The zero-order valence-electron chi connectivity index (χ0n) is 14.2. The highest BCUT2D eigenvalue weighted by molar-refractivity contribution is 7.10. The van der Waals surface area contributed by atoms with Gasteiger partial charge in [0.2, 0.25) is 0 Å². The van der Waals surface area contributed by atoms with Crippen LogP contribution in [0.15, 0.2) is 17.5 Å². The summed E-state index contributed by atoms with van der Waals surface area (Å²) in [7, 11) is 2.23. The van der Waals surface area contributed by atoms with Crippen molar-refractivity contribution < 1.29 is 0 Å². The quantitative estimate of drug-likeness (QED) is 0.537. The summed E-state index contributed by atoms with van der Waals surface area (Å²) in [6.07, 6.45) is 10.8. The molecule has 0 aliphatic carbocycles. The number of hydrogen-bond acceptors (Lipinski definition) is 3. The van der Waals surface area contributed by atoms with Gasteiger partial charge in [0.25, 0.3) is 0 Å². The fourth-order valence-corrected chi connectivity index (χ4v) is 3.71. The molecule has 0 saturated heterocycles. The summed E-state index contributed by atoms with van der Waals surface area (Å²) in [6.45, 7) is 5.33. The molecule has 0 fully saturated rings. The predicted molar refractivity (Wildman–Crippen MR) is 95.9 cm³/mol. The molecular weight excluding hydrogens is 276 g/mol. The van der Waals surface area contributed by atoms with Crippen molar-refractivity contribution in [2.24, 2.45) is 5.73 Å². The summed E-state index contributed by atoms with van der Waals surface area (Å²) < 4.78 is 0. The molecule has 0 amide bonds. The first-order chi connectivity index (χ1) is 10.2. The Morgan fingerprint density at radius 2 is 1.81 bits per heavy atom. The van der Waals surface area contributed by atoms with E-state index in [-0.39, 0.29) is 0 Å². The lowest BCUT2D eigenvalue weighted by Gasteiger charge is -2.32. The molecule has 1 heterocycles. The first-order valence-electron chi connectivity index (χ1n) is 8.66. The van der Waals surface area contributed by atoms with Crippen LogP contribution in [-0.4, -0.2) is 24.5 Å². The molecule has 0 aliphatic rings. The van der Waals surface area contributed by atoms with Gasteiger partial charge in [-0.2, -0.15) is 0 Å². The molecule has 21 heavy (non-hydrogen) atoms. The Bertz CT molecular complexity index is 337. The molecule has 122 valence electrons. The molecule has 0 aromatic carbocycles. The van der Waals surface area contributed by atoms with Gasteiger partial charge in [0.15, 0.2) is 0 Å². The van der Waals surface area contributed by atoms with Crippen molar-refractivity contribution in [2.45, 2.75) is 77.3 Å². The Labute approximate surface area is 135 Å². The van der Waals surface area contributed by atoms with Gasteiger partial charge < -0.3 is 5.73 Å². The summed E-state index contributed by atoms with van der Waals surface area (Å²) >= 11 is 1.84. The maximum Gasteiger partial charge on any atom is 0.0413 e. The van der Waals surface area contributed by atoms with Crippen molar-refractivity contribution in [1.82, 2.24) is 4.90 Å². The van der Waals surface area contributed by atoms with E-state index in [1.54, 1.807) is 0 Å². The van der Waals surface area contributed by atoms with E-state index in [2.05, 4.69) is 43.3 Å². The van der Waals surface area contributed by atoms with Gasteiger partial charge in [-0.3, -0.25) is 4.90 Å². The third-order valence-corrected chi connectivity index (χ3v) is 5.60. The smallest absolute Gasteiger partial charge is 0.0413 e. The Kier molecular flexibility index (Phi) is 9.98. The third kappa shape index (κ3) is 6.94. The Balaban J connectivity index is 2.24. The van der Waals surface area contributed by atoms with E-state index >= 15 is 0 Å². The zero-order chi connectivity index (χ0) is 15.5. The van der Waals surface area contributed by atoms with Crippen LogP contribution in [0.25, 0.3) is 0 Å². The molecule has 0 aliphatic heterocycles. The number of rotatable bonds is 12. The van der Waals surface area contributed by atoms with E-state index in [4.69, 9.17) is 5.73 Å². The molecule has 0 saturated carbocycles. The van der Waals surface area contributed by atoms with Gasteiger partial charge in [0.1, 0.15) is 0 Å². The zero-order valence-corrected chi connectivity index (χ0v) is 15.0. The van der Waals surface area contributed by atoms with Gasteiger partial charge in [-0.25, -0.2) is 0 Å². The second-order valence-electron chi connectivity index (χ2n) is 6.16. The molecule has 2 nitrogen and oxygen atoms in total. The van der Waals surface area contributed by atoms with Gasteiger partial charge in [0.05, 0.1) is 0 Å². The molecular formula is C18H34N2S. The summed E-state index contributed by atoms with van der Waals surface area (Å²) in [6, 6.07) is 5.35. The average Bonchev–Trinajstić information content (AvgIpc) is 3.03. The lowest BCUT2D eigenvalue weighted by Crippen LogP contribution is -2.39. The Hall–Kier alpha value is -0.380. The van der Waals surface area contributed by atoms with Crippen LogP contribution in [0.4, 0.5) is 0 Å². The Morgan fingerprint density at radius 3 is 2.38 bits per heavy atom. The molecule has 1 aromatic rings. The molecule has 2 unspecified atom stereocenters. The molecule has 1 rings (SSSR count). The van der Waals surface area contributed by atoms with Gasteiger partial charge in [-0.1, -0.05) is 57.9 Å². The summed E-state index contributed by atoms with van der Waals surface area (Å²) in [5.41, 5.74) is 6.01. The lowest BCUT2D eigenvalue weighted by molar-refractivity contribution is 0.179. The Morgan fingerprint density at radius 1 is 1.14 bits per heavy atom. The van der Waals surface area contributed by atoms with Crippen LogP contribution in [0, 0.1) is 0 Å². The maximum absolute atomic E-state index is 6.01. The van der Waals surface area contributed by atoms with E-state index in [1.165, 1.54) is 56.2 Å². The standard InChI is InChI=1S/C18H34N2S/c1-4-5-6-7-8-9-10-12-17(15-19)20(3)16(2)18-13-11-14-21-18/h11,13-14,16-17H,4-10,12,15,19H2,1-3H3. The van der Waals surface area contributed by atoms with Crippen LogP contribution < -0.4 is 5.73 Å². The fourth-order valence-electron chi connectivity index (χ4n) is 2.87. The van der Waals surface area contributed by atoms with Gasteiger partial charge in [0, 0.05) is 23.5 Å². The van der Waals surface area contributed by atoms with Crippen LogP contribution in [0.2, 0.25) is 0 Å². The molecule has 0 radical (unpaired) electrons. The summed E-state index contributed by atoms with van der Waals surface area (Å²) in [5.74, 6) is 0. The van der Waals surface area contributed by atoms with Crippen molar-refractivity contribution in [3.8, 4) is 0 Å². The SMILES string of the molecule is CCCCCCCCCC(CN)N(C)C(C)c1cccs1. The van der Waals surface area contributed by atoms with Gasteiger partial charge >= 0.3 is 0 Å². The van der Waals surface area contributed by atoms with E-state index in [9.17, 15) is 0 Å². The second-order valence-corrected chi connectivity index (χ2v) is 7.14. The van der Waals surface area contributed by atoms with Crippen LogP contribution >= 0.6 is 11.3 Å². The van der Waals surface area contributed by atoms with Crippen molar-refractivity contribution in [3.63, 3.8) is 0 Å². The first-order valence-corrected chi connectivity index (χ1v) is 9.54. The lowest BCUT2D eigenvalue weighted by atomic mass is 10.0. The van der Waals surface area contributed by atoms with Crippen molar-refractivity contribution in [1.29, 1.82) is 0 Å². The van der Waals surface area contributed by atoms with Crippen molar-refractivity contribution in [2.75, 3.05) is 13.6 Å². The van der Waals surface area contributed by atoms with Crippen LogP contribution in [0.3, 0.4) is 0 Å². The number of nitrogens with zero attached hydrogens (tertiary/aromatic N) is 1. The monoisotopic (exact) mass is 310 g/mol. The topological polar surface area (TPSA) is 29.3 Å². The molecule has 0 bridgehead atoms. The van der Waals surface area contributed by atoms with Crippen molar-refractivity contribution in [3.05, 3.63) is 22.4 Å². The van der Waals surface area contributed by atoms with E-state index in [0.29, 0.717) is 12.1 Å². The summed E-state index contributed by atoms with van der Waals surface area (Å²) in [5, 5.41) is 2.16. The first kappa shape index (κ1) is 18.7. The largest absolute Gasteiger partial charge is 0.329 e. The molecule has 1 aromatic heterocycles. The van der Waals surface area contributed by atoms with Crippen LogP contribution in [0.1, 0.15) is 76.1 Å².